The first-order valence-electron chi connectivity index (χ1n) is 11.4. The van der Waals surface area contributed by atoms with E-state index in [4.69, 9.17) is 0 Å². The third-order valence-electron chi connectivity index (χ3n) is 6.67. The number of aromatic nitrogens is 1. The SMILES string of the molecule is Cc1ccc(NC(=O)CSc2nc3ccc(NC(=O)[C@@H]4[C@@H](C(=O)O)[C@H]5C=C[C@H]4C5)cc3s2)c(C)c1. The van der Waals surface area contributed by atoms with E-state index in [-0.39, 0.29) is 29.4 Å². The molecule has 7 nitrogen and oxygen atoms in total. The number of carbonyl (C=O) groups excluding carboxylic acids is 2. The second kappa shape index (κ2) is 9.47. The smallest absolute Gasteiger partial charge is 0.307 e. The topological polar surface area (TPSA) is 108 Å². The Labute approximate surface area is 211 Å². The van der Waals surface area contributed by atoms with Gasteiger partial charge in [0.15, 0.2) is 4.34 Å². The van der Waals surface area contributed by atoms with E-state index in [0.717, 1.165) is 37.8 Å². The highest BCUT2D eigenvalue weighted by Gasteiger charge is 2.51. The summed E-state index contributed by atoms with van der Waals surface area (Å²) in [4.78, 5) is 41.7. The second-order valence-corrected chi connectivity index (χ2v) is 11.4. The fourth-order valence-corrected chi connectivity index (χ4v) is 6.96. The van der Waals surface area contributed by atoms with E-state index in [1.54, 1.807) is 6.07 Å². The maximum atomic E-state index is 13.0. The molecule has 1 fully saturated rings. The highest BCUT2D eigenvalue weighted by molar-refractivity contribution is 8.01. The molecular weight excluding hydrogens is 482 g/mol. The molecule has 2 aromatic carbocycles. The van der Waals surface area contributed by atoms with Crippen LogP contribution in [0.25, 0.3) is 10.2 Å². The number of thioether (sulfide) groups is 1. The predicted molar refractivity (Wildman–Crippen MR) is 139 cm³/mol. The van der Waals surface area contributed by atoms with Crippen LogP contribution in [-0.2, 0) is 14.4 Å². The molecule has 0 saturated heterocycles. The molecule has 1 aromatic heterocycles. The summed E-state index contributed by atoms with van der Waals surface area (Å²) in [7, 11) is 0. The van der Waals surface area contributed by atoms with Crippen molar-refractivity contribution >= 4 is 62.5 Å². The molecule has 9 heteroatoms. The van der Waals surface area contributed by atoms with E-state index in [9.17, 15) is 19.5 Å². The first-order chi connectivity index (χ1) is 16.8. The summed E-state index contributed by atoms with van der Waals surface area (Å²) in [6.07, 6.45) is 4.62. The Morgan fingerprint density at radius 3 is 2.57 bits per heavy atom. The van der Waals surface area contributed by atoms with Crippen LogP contribution in [0.3, 0.4) is 0 Å². The molecule has 5 rings (SSSR count). The molecule has 2 aliphatic carbocycles. The average molecular weight is 508 g/mol. The van der Waals surface area contributed by atoms with Crippen molar-refractivity contribution < 1.29 is 19.5 Å². The molecule has 2 amide bonds. The van der Waals surface area contributed by atoms with Gasteiger partial charge in [0.2, 0.25) is 11.8 Å². The standard InChI is InChI=1S/C26H25N3O4S2/c1-13-3-7-18(14(2)9-13)28-21(30)12-34-26-29-19-8-6-17(11-20(19)35-26)27-24(31)22-15-4-5-16(10-15)23(22)25(32)33/h3-9,11,15-16,22-23H,10,12H2,1-2H3,(H,27,31)(H,28,30)(H,32,33)/t15-,16-,22-,23-/m0/s1. The van der Waals surface area contributed by atoms with Gasteiger partial charge < -0.3 is 15.7 Å². The fourth-order valence-electron chi connectivity index (χ4n) is 5.05. The van der Waals surface area contributed by atoms with E-state index in [1.807, 2.05) is 56.3 Å². The third-order valence-corrected chi connectivity index (χ3v) is 8.83. The number of carbonyl (C=O) groups is 3. The normalized spacial score (nSPS) is 22.5. The molecule has 180 valence electrons. The van der Waals surface area contributed by atoms with E-state index in [2.05, 4.69) is 15.6 Å². The van der Waals surface area contributed by atoms with Gasteiger partial charge in [-0.2, -0.15) is 0 Å². The van der Waals surface area contributed by atoms with Crippen molar-refractivity contribution in [3.8, 4) is 0 Å². The first-order valence-corrected chi connectivity index (χ1v) is 13.2. The van der Waals surface area contributed by atoms with Crippen LogP contribution in [0, 0.1) is 37.5 Å². The van der Waals surface area contributed by atoms with Crippen LogP contribution in [-0.4, -0.2) is 33.6 Å². The minimum atomic E-state index is -0.914. The number of nitrogens with one attached hydrogen (secondary N) is 2. The molecule has 2 aliphatic rings. The number of carboxylic acids is 1. The molecule has 3 N–H and O–H groups in total. The average Bonchev–Trinajstić information content (AvgIpc) is 3.53. The van der Waals surface area contributed by atoms with Gasteiger partial charge in [0.1, 0.15) is 0 Å². The summed E-state index contributed by atoms with van der Waals surface area (Å²) in [5, 5.41) is 15.5. The number of carboxylic acid groups (broad SMARTS) is 1. The van der Waals surface area contributed by atoms with Crippen molar-refractivity contribution in [2.45, 2.75) is 24.6 Å². The lowest BCUT2D eigenvalue weighted by Gasteiger charge is -2.23. The van der Waals surface area contributed by atoms with Gasteiger partial charge in [0, 0.05) is 11.4 Å². The Kier molecular flexibility index (Phi) is 6.37. The van der Waals surface area contributed by atoms with Crippen molar-refractivity contribution in [1.29, 1.82) is 0 Å². The number of allylic oxidation sites excluding steroid dienone is 2. The molecule has 0 aliphatic heterocycles. The van der Waals surface area contributed by atoms with E-state index in [1.165, 1.54) is 23.1 Å². The number of nitrogens with zero attached hydrogens (tertiary/aromatic N) is 1. The zero-order valence-corrected chi connectivity index (χ0v) is 20.9. The van der Waals surface area contributed by atoms with Crippen LogP contribution in [0.1, 0.15) is 17.5 Å². The number of aryl methyl sites for hydroxylation is 2. The molecule has 35 heavy (non-hydrogen) atoms. The van der Waals surface area contributed by atoms with Crippen molar-refractivity contribution in [2.24, 2.45) is 23.7 Å². The lowest BCUT2D eigenvalue weighted by molar-refractivity contribution is -0.146. The monoisotopic (exact) mass is 507 g/mol. The minimum Gasteiger partial charge on any atom is -0.481 e. The van der Waals surface area contributed by atoms with E-state index >= 15 is 0 Å². The summed E-state index contributed by atoms with van der Waals surface area (Å²) < 4.78 is 1.66. The van der Waals surface area contributed by atoms with Crippen LogP contribution < -0.4 is 10.6 Å². The quantitative estimate of drug-likeness (QED) is 0.303. The van der Waals surface area contributed by atoms with Gasteiger partial charge in [-0.3, -0.25) is 14.4 Å². The molecule has 0 unspecified atom stereocenters. The van der Waals surface area contributed by atoms with Crippen LogP contribution in [0.15, 0.2) is 52.9 Å². The van der Waals surface area contributed by atoms with Crippen molar-refractivity contribution in [2.75, 3.05) is 16.4 Å². The van der Waals surface area contributed by atoms with Gasteiger partial charge >= 0.3 is 5.97 Å². The van der Waals surface area contributed by atoms with Gasteiger partial charge in [0.25, 0.3) is 0 Å². The lowest BCUT2D eigenvalue weighted by Crippen LogP contribution is -2.36. The number of thiazole rings is 1. The summed E-state index contributed by atoms with van der Waals surface area (Å²) in [5.41, 5.74) is 4.38. The minimum absolute atomic E-state index is 0.0221. The number of hydrogen-bond acceptors (Lipinski definition) is 6. The highest BCUT2D eigenvalue weighted by atomic mass is 32.2. The number of benzene rings is 2. The van der Waals surface area contributed by atoms with Crippen LogP contribution in [0.5, 0.6) is 0 Å². The molecule has 3 aromatic rings. The van der Waals surface area contributed by atoms with E-state index < -0.39 is 17.8 Å². The molecule has 1 saturated carbocycles. The molecule has 0 spiro atoms. The van der Waals surface area contributed by atoms with Crippen LogP contribution >= 0.6 is 23.1 Å². The zero-order valence-electron chi connectivity index (χ0n) is 19.3. The number of amides is 2. The number of fused-ring (bicyclic) bond motifs is 3. The van der Waals surface area contributed by atoms with Crippen molar-refractivity contribution in [3.63, 3.8) is 0 Å². The van der Waals surface area contributed by atoms with Gasteiger partial charge in [-0.05, 0) is 61.9 Å². The summed E-state index contributed by atoms with van der Waals surface area (Å²) in [6, 6.07) is 11.4. The Balaban J connectivity index is 1.22. The molecular formula is C26H25N3O4S2. The van der Waals surface area contributed by atoms with Crippen LogP contribution in [0.2, 0.25) is 0 Å². The van der Waals surface area contributed by atoms with Gasteiger partial charge in [0.05, 0.1) is 27.8 Å². The Morgan fingerprint density at radius 2 is 1.83 bits per heavy atom. The first kappa shape index (κ1) is 23.6. The molecule has 0 radical (unpaired) electrons. The Morgan fingerprint density at radius 1 is 1.06 bits per heavy atom. The molecule has 1 heterocycles. The predicted octanol–water partition coefficient (Wildman–Crippen LogP) is 5.11. The van der Waals surface area contributed by atoms with Crippen molar-refractivity contribution in [3.05, 3.63) is 59.7 Å². The van der Waals surface area contributed by atoms with Gasteiger partial charge in [-0.1, -0.05) is 41.6 Å². The maximum Gasteiger partial charge on any atom is 0.307 e. The van der Waals surface area contributed by atoms with Gasteiger partial charge in [-0.15, -0.1) is 11.3 Å². The van der Waals surface area contributed by atoms with Crippen LogP contribution in [0.4, 0.5) is 11.4 Å². The molecule has 4 atom stereocenters. The Bertz CT molecular complexity index is 1370. The lowest BCUT2D eigenvalue weighted by atomic mass is 9.82. The number of rotatable bonds is 7. The fraction of sp³-hybridized carbons (Fsp3) is 0.308. The zero-order chi connectivity index (χ0) is 24.7. The molecule has 2 bridgehead atoms. The van der Waals surface area contributed by atoms with E-state index in [0.29, 0.717) is 5.69 Å². The third kappa shape index (κ3) is 4.83. The largest absolute Gasteiger partial charge is 0.481 e. The van der Waals surface area contributed by atoms with Crippen molar-refractivity contribution in [1.82, 2.24) is 4.98 Å². The highest BCUT2D eigenvalue weighted by Crippen LogP contribution is 2.48. The number of aliphatic carboxylic acids is 1. The second-order valence-electron chi connectivity index (χ2n) is 9.14. The van der Waals surface area contributed by atoms with Gasteiger partial charge in [-0.25, -0.2) is 4.98 Å². The summed E-state index contributed by atoms with van der Waals surface area (Å²) in [6.45, 7) is 3.98. The maximum absolute atomic E-state index is 13.0. The number of hydrogen-bond donors (Lipinski definition) is 3. The Hall–Kier alpha value is -3.17. The number of anilines is 2. The summed E-state index contributed by atoms with van der Waals surface area (Å²) >= 11 is 2.83. The summed E-state index contributed by atoms with van der Waals surface area (Å²) in [5.74, 6) is -2.34.